The van der Waals surface area contributed by atoms with Crippen molar-refractivity contribution in [2.24, 2.45) is 5.92 Å². The second kappa shape index (κ2) is 8.35. The highest BCUT2D eigenvalue weighted by Gasteiger charge is 2.23. The fourth-order valence-electron chi connectivity index (χ4n) is 4.28. The minimum atomic E-state index is 0.0126. The van der Waals surface area contributed by atoms with Crippen LogP contribution >= 0.6 is 0 Å². The molecule has 2 aliphatic rings. The number of carbonyl (C=O) groups is 1. The van der Waals surface area contributed by atoms with E-state index in [4.69, 9.17) is 4.74 Å². The molecule has 6 heteroatoms. The van der Waals surface area contributed by atoms with Gasteiger partial charge in [0.15, 0.2) is 0 Å². The lowest BCUT2D eigenvalue weighted by Gasteiger charge is -2.30. The minimum Gasteiger partial charge on any atom is -0.488 e. The number of piperidine rings is 1. The van der Waals surface area contributed by atoms with E-state index in [1.54, 1.807) is 4.68 Å². The molecule has 1 aromatic carbocycles. The predicted molar refractivity (Wildman–Crippen MR) is 109 cm³/mol. The Morgan fingerprint density at radius 2 is 2.29 bits per heavy atom. The zero-order valence-electron chi connectivity index (χ0n) is 16.9. The van der Waals surface area contributed by atoms with Crippen molar-refractivity contribution in [2.45, 2.75) is 46.3 Å². The number of benzene rings is 1. The first-order chi connectivity index (χ1) is 13.6. The molecule has 3 heterocycles. The number of ether oxygens (including phenoxy) is 1. The van der Waals surface area contributed by atoms with Crippen LogP contribution in [0.1, 0.15) is 37.3 Å². The average molecular weight is 383 g/mol. The number of likely N-dealkylation sites (tertiary alicyclic amines) is 1. The van der Waals surface area contributed by atoms with Gasteiger partial charge in [-0.25, -0.2) is 0 Å². The number of nitrogens with one attached hydrogen (secondary N) is 1. The molecule has 6 nitrogen and oxygen atoms in total. The molecule has 1 N–H and O–H groups in total. The number of amides is 1. The molecule has 0 aliphatic carbocycles. The summed E-state index contributed by atoms with van der Waals surface area (Å²) in [6, 6.07) is 6.13. The van der Waals surface area contributed by atoms with Gasteiger partial charge in [0.25, 0.3) is 0 Å². The van der Waals surface area contributed by atoms with E-state index in [2.05, 4.69) is 35.2 Å². The molecule has 1 saturated heterocycles. The zero-order chi connectivity index (χ0) is 19.5. The molecule has 0 radical (unpaired) electrons. The lowest BCUT2D eigenvalue weighted by Crippen LogP contribution is -2.37. The number of rotatable bonds is 6. The van der Waals surface area contributed by atoms with Crippen molar-refractivity contribution >= 4 is 5.91 Å². The third-order valence-corrected chi connectivity index (χ3v) is 5.70. The van der Waals surface area contributed by atoms with E-state index in [0.29, 0.717) is 13.2 Å². The molecule has 0 bridgehead atoms. The maximum absolute atomic E-state index is 12.5. The van der Waals surface area contributed by atoms with Crippen molar-refractivity contribution in [3.8, 4) is 17.0 Å². The van der Waals surface area contributed by atoms with Gasteiger partial charge in [0, 0.05) is 24.2 Å². The second-order valence-electron chi connectivity index (χ2n) is 8.22. The van der Waals surface area contributed by atoms with Crippen LogP contribution in [0.25, 0.3) is 11.3 Å². The Kier molecular flexibility index (Phi) is 5.67. The van der Waals surface area contributed by atoms with Gasteiger partial charge in [-0.2, -0.15) is 5.10 Å². The summed E-state index contributed by atoms with van der Waals surface area (Å²) >= 11 is 0. The quantitative estimate of drug-likeness (QED) is 0.781. The van der Waals surface area contributed by atoms with Crippen molar-refractivity contribution in [3.63, 3.8) is 0 Å². The minimum absolute atomic E-state index is 0.0126. The van der Waals surface area contributed by atoms with Gasteiger partial charge in [-0.1, -0.05) is 18.6 Å². The molecule has 4 rings (SSSR count). The Balaban J connectivity index is 1.32. The summed E-state index contributed by atoms with van der Waals surface area (Å²) in [6.07, 6.45) is 5.44. The van der Waals surface area contributed by atoms with Crippen molar-refractivity contribution in [1.82, 2.24) is 20.0 Å². The van der Waals surface area contributed by atoms with E-state index < -0.39 is 0 Å². The normalized spacial score (nSPS) is 18.9. The summed E-state index contributed by atoms with van der Waals surface area (Å²) in [4.78, 5) is 15.0. The number of aromatic nitrogens is 2. The first-order valence-corrected chi connectivity index (χ1v) is 10.4. The Morgan fingerprint density at radius 1 is 1.39 bits per heavy atom. The van der Waals surface area contributed by atoms with Crippen molar-refractivity contribution in [2.75, 3.05) is 26.2 Å². The number of nitrogens with zero attached hydrogens (tertiary/aromatic N) is 3. The van der Waals surface area contributed by atoms with Gasteiger partial charge in [0.05, 0.1) is 11.9 Å². The first-order valence-electron chi connectivity index (χ1n) is 10.4. The smallest absolute Gasteiger partial charge is 0.241 e. The van der Waals surface area contributed by atoms with E-state index in [9.17, 15) is 4.79 Å². The maximum atomic E-state index is 12.5. The molecular weight excluding hydrogens is 352 g/mol. The lowest BCUT2D eigenvalue weighted by atomic mass is 10.0. The Labute approximate surface area is 166 Å². The Morgan fingerprint density at radius 3 is 3.14 bits per heavy atom. The Hall–Kier alpha value is -2.34. The second-order valence-corrected chi connectivity index (χ2v) is 8.22. The van der Waals surface area contributed by atoms with Crippen LogP contribution in [0.5, 0.6) is 5.75 Å². The van der Waals surface area contributed by atoms with Gasteiger partial charge < -0.3 is 15.0 Å². The SMILES string of the molecule is Cc1ccc2c(c1)-c1c(cnn1CC(=O)NCCCN1CCCC(C)C1)CO2. The summed E-state index contributed by atoms with van der Waals surface area (Å²) in [5.74, 6) is 1.67. The monoisotopic (exact) mass is 382 g/mol. The van der Waals surface area contributed by atoms with Gasteiger partial charge in [0.1, 0.15) is 18.9 Å². The Bertz CT molecular complexity index is 845. The van der Waals surface area contributed by atoms with Gasteiger partial charge in [-0.15, -0.1) is 0 Å². The highest BCUT2D eigenvalue weighted by atomic mass is 16.5. The molecule has 1 atom stereocenters. The largest absolute Gasteiger partial charge is 0.488 e. The molecule has 0 spiro atoms. The predicted octanol–water partition coefficient (Wildman–Crippen LogP) is 2.99. The van der Waals surface area contributed by atoms with Crippen molar-refractivity contribution < 1.29 is 9.53 Å². The average Bonchev–Trinajstić information content (AvgIpc) is 3.08. The maximum Gasteiger partial charge on any atom is 0.241 e. The summed E-state index contributed by atoms with van der Waals surface area (Å²) < 4.78 is 7.61. The van der Waals surface area contributed by atoms with E-state index in [0.717, 1.165) is 41.5 Å². The third-order valence-electron chi connectivity index (χ3n) is 5.70. The van der Waals surface area contributed by atoms with Crippen LogP contribution < -0.4 is 10.1 Å². The fourth-order valence-corrected chi connectivity index (χ4v) is 4.28. The topological polar surface area (TPSA) is 59.4 Å². The highest BCUT2D eigenvalue weighted by molar-refractivity contribution is 5.78. The van der Waals surface area contributed by atoms with Crippen LogP contribution in [0.3, 0.4) is 0 Å². The van der Waals surface area contributed by atoms with Crippen LogP contribution in [0.4, 0.5) is 0 Å². The van der Waals surface area contributed by atoms with Crippen molar-refractivity contribution in [1.29, 1.82) is 0 Å². The van der Waals surface area contributed by atoms with E-state index >= 15 is 0 Å². The van der Waals surface area contributed by atoms with Crippen LogP contribution in [-0.2, 0) is 17.9 Å². The summed E-state index contributed by atoms with van der Waals surface area (Å²) in [5, 5.41) is 7.50. The van der Waals surface area contributed by atoms with Crippen molar-refractivity contribution in [3.05, 3.63) is 35.5 Å². The van der Waals surface area contributed by atoms with Crippen LogP contribution in [-0.4, -0.2) is 46.8 Å². The van der Waals surface area contributed by atoms with Gasteiger partial charge >= 0.3 is 0 Å². The number of hydrogen-bond acceptors (Lipinski definition) is 4. The standard InChI is InChI=1S/C22H30N4O2/c1-16-6-7-20-19(11-16)22-18(15-28-20)12-24-26(22)14-21(27)23-8-4-10-25-9-3-5-17(2)13-25/h6-7,11-12,17H,3-5,8-10,13-15H2,1-2H3,(H,23,27). The van der Waals surface area contributed by atoms with Crippen LogP contribution in [0.15, 0.2) is 24.4 Å². The van der Waals surface area contributed by atoms with Crippen LogP contribution in [0.2, 0.25) is 0 Å². The van der Waals surface area contributed by atoms with Gasteiger partial charge in [-0.05, 0) is 57.3 Å². The molecule has 1 fully saturated rings. The molecule has 1 aromatic heterocycles. The zero-order valence-corrected chi connectivity index (χ0v) is 16.9. The molecule has 2 aromatic rings. The molecule has 28 heavy (non-hydrogen) atoms. The van der Waals surface area contributed by atoms with Crippen LogP contribution in [0, 0.1) is 12.8 Å². The summed E-state index contributed by atoms with van der Waals surface area (Å²) in [5.41, 5.74) is 4.22. The van der Waals surface area contributed by atoms with E-state index in [-0.39, 0.29) is 12.5 Å². The summed E-state index contributed by atoms with van der Waals surface area (Å²) in [6.45, 7) is 9.28. The van der Waals surface area contributed by atoms with E-state index in [1.807, 2.05) is 18.3 Å². The fraction of sp³-hybridized carbons (Fsp3) is 0.545. The highest BCUT2D eigenvalue weighted by Crippen LogP contribution is 2.37. The number of hydrogen-bond donors (Lipinski definition) is 1. The molecule has 1 unspecified atom stereocenters. The number of carbonyl (C=O) groups excluding carboxylic acids is 1. The molecular formula is C22H30N4O2. The van der Waals surface area contributed by atoms with E-state index in [1.165, 1.54) is 31.5 Å². The lowest BCUT2D eigenvalue weighted by molar-refractivity contribution is -0.121. The van der Waals surface area contributed by atoms with Gasteiger partial charge in [0.2, 0.25) is 5.91 Å². The third kappa shape index (κ3) is 4.22. The molecule has 1 amide bonds. The molecule has 150 valence electrons. The summed E-state index contributed by atoms with van der Waals surface area (Å²) in [7, 11) is 0. The van der Waals surface area contributed by atoms with Gasteiger partial charge in [-0.3, -0.25) is 9.48 Å². The number of aryl methyl sites for hydroxylation is 1. The molecule has 0 saturated carbocycles. The first kappa shape index (κ1) is 19.0. The molecule has 2 aliphatic heterocycles. The number of fused-ring (bicyclic) bond motifs is 3.